The smallest absolute Gasteiger partial charge is 0.0159 e. The van der Waals surface area contributed by atoms with Crippen molar-refractivity contribution in [2.45, 2.75) is 19.3 Å². The molecule has 2 unspecified atom stereocenters. The first-order valence-electron chi connectivity index (χ1n) is 4.41. The van der Waals surface area contributed by atoms with Gasteiger partial charge < -0.3 is 0 Å². The molecule has 0 aromatic heterocycles. The molecule has 64 valence electrons. The molecule has 0 heterocycles. The molecule has 2 radical (unpaired) electrons. The molecule has 1 aromatic carbocycles. The van der Waals surface area contributed by atoms with Gasteiger partial charge in [0.05, 0.1) is 0 Å². The topological polar surface area (TPSA) is 0 Å². The zero-order valence-electron chi connectivity index (χ0n) is 7.66. The Morgan fingerprint density at radius 1 is 1.17 bits per heavy atom. The van der Waals surface area contributed by atoms with Gasteiger partial charge in [-0.2, -0.15) is 0 Å². The van der Waals surface area contributed by atoms with E-state index in [0.717, 1.165) is 6.42 Å². The normalized spacial score (nSPS) is 13.3. The van der Waals surface area contributed by atoms with Gasteiger partial charge in [0.15, 0.2) is 0 Å². The van der Waals surface area contributed by atoms with Crippen LogP contribution in [0.25, 0.3) is 0 Å². The van der Waals surface area contributed by atoms with Crippen molar-refractivity contribution in [1.29, 1.82) is 0 Å². The summed E-state index contributed by atoms with van der Waals surface area (Å²) in [6, 6.07) is 10.4. The molecule has 0 N–H and O–H groups in total. The van der Waals surface area contributed by atoms with Crippen molar-refractivity contribution < 1.29 is 0 Å². The van der Waals surface area contributed by atoms with Crippen molar-refractivity contribution in [2.24, 2.45) is 5.92 Å². The molecule has 0 fully saturated rings. The highest BCUT2D eigenvalue weighted by atomic mass is 14.1. The SMILES string of the molecule is [CH2]C(C)CC([CH2])c1ccccc1. The fourth-order valence-electron chi connectivity index (χ4n) is 1.35. The number of hydrogen-bond acceptors (Lipinski definition) is 0. The summed E-state index contributed by atoms with van der Waals surface area (Å²) in [5.74, 6) is 0.867. The lowest BCUT2D eigenvalue weighted by atomic mass is 9.92. The third-order valence-corrected chi connectivity index (χ3v) is 1.96. The lowest BCUT2D eigenvalue weighted by Crippen LogP contribution is -1.98. The van der Waals surface area contributed by atoms with Gasteiger partial charge in [-0.1, -0.05) is 44.2 Å². The lowest BCUT2D eigenvalue weighted by molar-refractivity contribution is 0.596. The van der Waals surface area contributed by atoms with Crippen molar-refractivity contribution in [3.05, 3.63) is 49.7 Å². The van der Waals surface area contributed by atoms with Crippen molar-refractivity contribution >= 4 is 0 Å². The van der Waals surface area contributed by atoms with Crippen LogP contribution in [0.3, 0.4) is 0 Å². The molecule has 0 nitrogen and oxygen atoms in total. The van der Waals surface area contributed by atoms with E-state index in [2.05, 4.69) is 45.0 Å². The maximum atomic E-state index is 4.11. The van der Waals surface area contributed by atoms with E-state index in [4.69, 9.17) is 0 Å². The van der Waals surface area contributed by atoms with Crippen LogP contribution in [-0.4, -0.2) is 0 Å². The molecule has 0 heteroatoms. The van der Waals surface area contributed by atoms with E-state index in [1.807, 2.05) is 6.07 Å². The van der Waals surface area contributed by atoms with E-state index in [0.29, 0.717) is 11.8 Å². The maximum absolute atomic E-state index is 4.11. The lowest BCUT2D eigenvalue weighted by Gasteiger charge is -2.13. The molecule has 0 amide bonds. The van der Waals surface area contributed by atoms with Gasteiger partial charge in [0.25, 0.3) is 0 Å². The molecule has 0 saturated heterocycles. The van der Waals surface area contributed by atoms with Gasteiger partial charge in [-0.15, -0.1) is 0 Å². The monoisotopic (exact) mass is 160 g/mol. The zero-order valence-corrected chi connectivity index (χ0v) is 7.66. The van der Waals surface area contributed by atoms with Crippen LogP contribution in [-0.2, 0) is 0 Å². The molecule has 0 aliphatic heterocycles. The third kappa shape index (κ3) is 2.69. The highest BCUT2D eigenvalue weighted by Gasteiger charge is 2.06. The summed E-state index contributed by atoms with van der Waals surface area (Å²) in [6.45, 7) is 10.2. The first-order chi connectivity index (χ1) is 5.70. The zero-order chi connectivity index (χ0) is 8.97. The largest absolute Gasteiger partial charge is 0.0625 e. The Morgan fingerprint density at radius 3 is 2.25 bits per heavy atom. The molecule has 0 aliphatic rings. The minimum atomic E-state index is 0.388. The minimum Gasteiger partial charge on any atom is -0.0625 e. The molecule has 1 aromatic rings. The summed E-state index contributed by atoms with van der Waals surface area (Å²) in [7, 11) is 0. The van der Waals surface area contributed by atoms with Gasteiger partial charge in [-0.3, -0.25) is 0 Å². The third-order valence-electron chi connectivity index (χ3n) is 1.96. The molecule has 0 aliphatic carbocycles. The Hall–Kier alpha value is -0.780. The van der Waals surface area contributed by atoms with Gasteiger partial charge in [-0.25, -0.2) is 0 Å². The van der Waals surface area contributed by atoms with Crippen molar-refractivity contribution in [3.8, 4) is 0 Å². The standard InChI is InChI=1S/C12H16/c1-10(2)9-11(3)12-7-5-4-6-8-12/h4-8,10-11H,1,3,9H2,2H3. The second kappa shape index (κ2) is 4.30. The van der Waals surface area contributed by atoms with Gasteiger partial charge in [0.2, 0.25) is 0 Å². The second-order valence-corrected chi connectivity index (χ2v) is 3.45. The first kappa shape index (κ1) is 9.31. The molecule has 0 bridgehead atoms. The Morgan fingerprint density at radius 2 is 1.75 bits per heavy atom. The van der Waals surface area contributed by atoms with E-state index in [1.165, 1.54) is 5.56 Å². The fourth-order valence-corrected chi connectivity index (χ4v) is 1.35. The molecule has 12 heavy (non-hydrogen) atoms. The Labute approximate surface area is 75.6 Å². The summed E-state index contributed by atoms with van der Waals surface area (Å²) < 4.78 is 0. The van der Waals surface area contributed by atoms with Crippen LogP contribution in [0, 0.1) is 19.8 Å². The quantitative estimate of drug-likeness (QED) is 0.635. The summed E-state index contributed by atoms with van der Waals surface area (Å²) in [5, 5.41) is 0. The molecular formula is C12H16. The summed E-state index contributed by atoms with van der Waals surface area (Å²) in [4.78, 5) is 0. The Balaban J connectivity index is 2.59. The second-order valence-electron chi connectivity index (χ2n) is 3.45. The molecule has 0 spiro atoms. The number of benzene rings is 1. The average Bonchev–Trinajstić information content (AvgIpc) is 2.05. The van der Waals surface area contributed by atoms with E-state index in [1.54, 1.807) is 0 Å². The molecule has 2 atom stereocenters. The van der Waals surface area contributed by atoms with Crippen LogP contribution in [0.5, 0.6) is 0 Å². The molecule has 1 rings (SSSR count). The highest BCUT2D eigenvalue weighted by molar-refractivity contribution is 5.20. The molecular weight excluding hydrogens is 144 g/mol. The summed E-state index contributed by atoms with van der Waals surface area (Å²) >= 11 is 0. The van der Waals surface area contributed by atoms with Crippen molar-refractivity contribution in [2.75, 3.05) is 0 Å². The van der Waals surface area contributed by atoms with Gasteiger partial charge in [-0.05, 0) is 30.7 Å². The van der Waals surface area contributed by atoms with Crippen LogP contribution < -0.4 is 0 Å². The summed E-state index contributed by atoms with van der Waals surface area (Å²) in [5.41, 5.74) is 1.31. The number of rotatable bonds is 3. The number of hydrogen-bond donors (Lipinski definition) is 0. The van der Waals surface area contributed by atoms with Gasteiger partial charge in [0, 0.05) is 0 Å². The van der Waals surface area contributed by atoms with Crippen LogP contribution in [0.1, 0.15) is 24.8 Å². The van der Waals surface area contributed by atoms with E-state index < -0.39 is 0 Å². The van der Waals surface area contributed by atoms with E-state index in [-0.39, 0.29) is 0 Å². The van der Waals surface area contributed by atoms with Gasteiger partial charge in [0.1, 0.15) is 0 Å². The predicted molar refractivity (Wildman–Crippen MR) is 53.7 cm³/mol. The molecule has 0 saturated carbocycles. The maximum Gasteiger partial charge on any atom is -0.0159 e. The van der Waals surface area contributed by atoms with Crippen LogP contribution in [0.15, 0.2) is 30.3 Å². The Kier molecular flexibility index (Phi) is 3.33. The summed E-state index contributed by atoms with van der Waals surface area (Å²) in [6.07, 6.45) is 1.06. The fraction of sp³-hybridized carbons (Fsp3) is 0.333. The van der Waals surface area contributed by atoms with Crippen LogP contribution in [0.2, 0.25) is 0 Å². The van der Waals surface area contributed by atoms with Gasteiger partial charge >= 0.3 is 0 Å². The minimum absolute atomic E-state index is 0.388. The Bertz CT molecular complexity index is 211. The van der Waals surface area contributed by atoms with E-state index >= 15 is 0 Å². The van der Waals surface area contributed by atoms with E-state index in [9.17, 15) is 0 Å². The first-order valence-corrected chi connectivity index (χ1v) is 4.41. The van der Waals surface area contributed by atoms with Crippen LogP contribution >= 0.6 is 0 Å². The van der Waals surface area contributed by atoms with Crippen molar-refractivity contribution in [3.63, 3.8) is 0 Å². The predicted octanol–water partition coefficient (Wildman–Crippen LogP) is 3.46. The van der Waals surface area contributed by atoms with Crippen molar-refractivity contribution in [1.82, 2.24) is 0 Å². The highest BCUT2D eigenvalue weighted by Crippen LogP contribution is 2.21. The van der Waals surface area contributed by atoms with Crippen LogP contribution in [0.4, 0.5) is 0 Å². The average molecular weight is 160 g/mol.